The molecule has 0 aliphatic heterocycles. The Morgan fingerprint density at radius 2 is 1.78 bits per heavy atom. The van der Waals surface area contributed by atoms with Crippen molar-refractivity contribution in [1.82, 2.24) is 14.9 Å². The zero-order valence-corrected chi connectivity index (χ0v) is 25.0. The van der Waals surface area contributed by atoms with Gasteiger partial charge in [-0.15, -0.1) is 0 Å². The van der Waals surface area contributed by atoms with Crippen LogP contribution in [0.1, 0.15) is 50.4 Å². The Balaban J connectivity index is 1.28. The van der Waals surface area contributed by atoms with Crippen LogP contribution in [0, 0.1) is 17.1 Å². The van der Waals surface area contributed by atoms with Gasteiger partial charge in [-0.05, 0) is 85.1 Å². The summed E-state index contributed by atoms with van der Waals surface area (Å²) in [6.45, 7) is 0.357. The van der Waals surface area contributed by atoms with Gasteiger partial charge in [0.25, 0.3) is 5.91 Å². The second-order valence-corrected chi connectivity index (χ2v) is 11.8. The Labute approximate surface area is 267 Å². The smallest absolute Gasteiger partial charge is 0.335 e. The third-order valence-corrected chi connectivity index (χ3v) is 8.54. The number of carbonyl (C=O) groups is 2. The van der Waals surface area contributed by atoms with Crippen molar-refractivity contribution in [3.8, 4) is 6.07 Å². The number of carbonyl (C=O) groups excluding carboxylic acids is 1. The second-order valence-electron chi connectivity index (χ2n) is 11.4. The molecule has 46 heavy (non-hydrogen) atoms. The lowest BCUT2D eigenvalue weighted by Crippen LogP contribution is -2.35. The van der Waals surface area contributed by atoms with Crippen LogP contribution in [0.2, 0.25) is 5.02 Å². The van der Waals surface area contributed by atoms with Gasteiger partial charge in [0.05, 0.1) is 51.6 Å². The number of rotatable bonds is 8. The van der Waals surface area contributed by atoms with Crippen LogP contribution in [0.15, 0.2) is 97.2 Å². The summed E-state index contributed by atoms with van der Waals surface area (Å²) in [5, 5.41) is 27.3. The van der Waals surface area contributed by atoms with E-state index in [1.165, 1.54) is 6.07 Å². The number of carboxylic acid groups (broad SMARTS) is 1. The number of aromatic nitrogens is 2. The number of anilines is 2. The Morgan fingerprint density at radius 1 is 1.00 bits per heavy atom. The first kappa shape index (κ1) is 29.0. The molecular formula is C36H25ClFN5O3. The monoisotopic (exact) mass is 629 g/mol. The number of hydrogen-bond donors (Lipinski definition) is 3. The molecule has 1 amide bonds. The molecular weight excluding hydrogens is 605 g/mol. The quantitative estimate of drug-likeness (QED) is 0.158. The molecule has 2 heterocycles. The van der Waals surface area contributed by atoms with Crippen LogP contribution in [0.4, 0.5) is 15.8 Å². The summed E-state index contributed by atoms with van der Waals surface area (Å²) < 4.78 is 16.2. The third-order valence-electron chi connectivity index (χ3n) is 8.31. The van der Waals surface area contributed by atoms with Crippen LogP contribution in [0.5, 0.6) is 0 Å². The molecule has 2 aromatic heterocycles. The number of aromatic carboxylic acids is 1. The van der Waals surface area contributed by atoms with Gasteiger partial charge in [-0.3, -0.25) is 9.78 Å². The number of nitrogens with zero attached hydrogens (tertiary/aromatic N) is 3. The summed E-state index contributed by atoms with van der Waals surface area (Å²) in [6, 6.07) is 27.4. The van der Waals surface area contributed by atoms with Crippen LogP contribution in [0.25, 0.3) is 21.8 Å². The zero-order valence-electron chi connectivity index (χ0n) is 24.2. The summed E-state index contributed by atoms with van der Waals surface area (Å²) in [5.74, 6) is -1.84. The maximum absolute atomic E-state index is 14.3. The van der Waals surface area contributed by atoms with Crippen LogP contribution in [0.3, 0.4) is 0 Å². The Kier molecular flexibility index (Phi) is 7.15. The third kappa shape index (κ3) is 5.51. The molecule has 6 aromatic rings. The first-order chi connectivity index (χ1) is 22.2. The normalized spacial score (nSPS) is 13.3. The maximum Gasteiger partial charge on any atom is 0.335 e. The molecule has 0 saturated heterocycles. The number of nitrogens with one attached hydrogen (secondary N) is 2. The van der Waals surface area contributed by atoms with Gasteiger partial charge in [0, 0.05) is 33.4 Å². The first-order valence-electron chi connectivity index (χ1n) is 14.5. The van der Waals surface area contributed by atoms with Crippen molar-refractivity contribution in [2.75, 3.05) is 5.32 Å². The molecule has 0 spiro atoms. The minimum Gasteiger partial charge on any atom is -0.478 e. The molecule has 1 aliphatic rings. The molecule has 1 saturated carbocycles. The van der Waals surface area contributed by atoms with Crippen molar-refractivity contribution < 1.29 is 19.1 Å². The van der Waals surface area contributed by atoms with Gasteiger partial charge >= 0.3 is 5.97 Å². The topological polar surface area (TPSA) is 120 Å². The molecule has 10 heteroatoms. The van der Waals surface area contributed by atoms with Crippen LogP contribution < -0.4 is 10.6 Å². The van der Waals surface area contributed by atoms with Crippen molar-refractivity contribution in [1.29, 1.82) is 5.26 Å². The standard InChI is InChI=1S/C36H25ClFN5O3/c37-25-7-3-22-4-8-27(40-32(22)17-25)20-43-14-11-29-31(41-28-16-21(19-39)15-26(38)18-28)10-9-30(33(29)43)34(44)42-36(12-13-36)24-5-1-23(2-6-24)35(45)46/h1-11,14-18,41H,12-13,20H2,(H,42,44)(H,45,46). The molecule has 1 fully saturated rings. The molecule has 0 unspecified atom stereocenters. The van der Waals surface area contributed by atoms with Crippen molar-refractivity contribution in [2.45, 2.75) is 24.9 Å². The number of hydrogen-bond acceptors (Lipinski definition) is 5. The number of fused-ring (bicyclic) bond motifs is 2. The first-order valence-corrected chi connectivity index (χ1v) is 14.9. The van der Waals surface area contributed by atoms with E-state index in [4.69, 9.17) is 16.6 Å². The van der Waals surface area contributed by atoms with Crippen molar-refractivity contribution >= 4 is 56.7 Å². The van der Waals surface area contributed by atoms with E-state index in [2.05, 4.69) is 10.6 Å². The zero-order chi connectivity index (χ0) is 32.0. The molecule has 3 N–H and O–H groups in total. The Hall–Kier alpha value is -5.72. The predicted octanol–water partition coefficient (Wildman–Crippen LogP) is 7.76. The average Bonchev–Trinajstić information content (AvgIpc) is 3.71. The van der Waals surface area contributed by atoms with Crippen LogP contribution in [-0.2, 0) is 12.1 Å². The van der Waals surface area contributed by atoms with Gasteiger partial charge in [0.2, 0.25) is 0 Å². The van der Waals surface area contributed by atoms with Crippen molar-refractivity contribution in [2.24, 2.45) is 0 Å². The second kappa shape index (κ2) is 11.3. The minimum atomic E-state index is -1.01. The van der Waals surface area contributed by atoms with E-state index in [9.17, 15) is 24.3 Å². The van der Waals surface area contributed by atoms with Gasteiger partial charge in [-0.25, -0.2) is 9.18 Å². The van der Waals surface area contributed by atoms with Gasteiger partial charge in [0.1, 0.15) is 5.82 Å². The number of carboxylic acids is 1. The number of pyridine rings is 1. The van der Waals surface area contributed by atoms with Crippen LogP contribution in [-0.4, -0.2) is 26.5 Å². The van der Waals surface area contributed by atoms with Gasteiger partial charge in [-0.2, -0.15) is 5.26 Å². The number of halogens is 2. The van der Waals surface area contributed by atoms with Gasteiger partial charge in [0.15, 0.2) is 0 Å². The van der Waals surface area contributed by atoms with E-state index in [0.717, 1.165) is 46.5 Å². The minimum absolute atomic E-state index is 0.179. The highest BCUT2D eigenvalue weighted by atomic mass is 35.5. The number of nitriles is 1. The lowest BCUT2D eigenvalue weighted by Gasteiger charge is -2.20. The molecule has 0 bridgehead atoms. The highest BCUT2D eigenvalue weighted by Gasteiger charge is 2.46. The highest BCUT2D eigenvalue weighted by molar-refractivity contribution is 6.31. The molecule has 8 nitrogen and oxygen atoms in total. The van der Waals surface area contributed by atoms with E-state index in [1.54, 1.807) is 42.5 Å². The van der Waals surface area contributed by atoms with Gasteiger partial charge < -0.3 is 20.3 Å². The fourth-order valence-electron chi connectivity index (χ4n) is 5.85. The molecule has 4 aromatic carbocycles. The predicted molar refractivity (Wildman–Crippen MR) is 174 cm³/mol. The van der Waals surface area contributed by atoms with Crippen LogP contribution >= 0.6 is 11.6 Å². The van der Waals surface area contributed by atoms with Crippen molar-refractivity contribution in [3.63, 3.8) is 0 Å². The SMILES string of the molecule is N#Cc1cc(F)cc(Nc2ccc(C(=O)NC3(c4ccc(C(=O)O)cc4)CC3)c3c2ccn3Cc2ccc3ccc(Cl)cc3n2)c1. The lowest BCUT2D eigenvalue weighted by atomic mass is 10.0. The largest absolute Gasteiger partial charge is 0.478 e. The van der Waals surface area contributed by atoms with Gasteiger partial charge in [-0.1, -0.05) is 35.9 Å². The fraction of sp³-hybridized carbons (Fsp3) is 0.111. The Morgan fingerprint density at radius 3 is 2.52 bits per heavy atom. The van der Waals surface area contributed by atoms with E-state index in [-0.39, 0.29) is 17.0 Å². The van der Waals surface area contributed by atoms with E-state index >= 15 is 0 Å². The molecule has 1 aliphatic carbocycles. The average molecular weight is 630 g/mol. The Bertz CT molecular complexity index is 2240. The fourth-order valence-corrected chi connectivity index (χ4v) is 6.02. The molecule has 0 atom stereocenters. The maximum atomic E-state index is 14.3. The molecule has 0 radical (unpaired) electrons. The number of amides is 1. The highest BCUT2D eigenvalue weighted by Crippen LogP contribution is 2.46. The summed E-state index contributed by atoms with van der Waals surface area (Å²) in [4.78, 5) is 30.2. The lowest BCUT2D eigenvalue weighted by molar-refractivity contribution is 0.0696. The summed E-state index contributed by atoms with van der Waals surface area (Å²) in [5.41, 5.74) is 4.23. The van der Waals surface area contributed by atoms with E-state index < -0.39 is 17.3 Å². The molecule has 7 rings (SSSR count). The van der Waals surface area contributed by atoms with Crippen molar-refractivity contribution in [3.05, 3.63) is 136 Å². The van der Waals surface area contributed by atoms with E-state index in [0.29, 0.717) is 34.0 Å². The van der Waals surface area contributed by atoms with E-state index in [1.807, 2.05) is 53.2 Å². The summed E-state index contributed by atoms with van der Waals surface area (Å²) in [7, 11) is 0. The summed E-state index contributed by atoms with van der Waals surface area (Å²) in [6.07, 6.45) is 3.32. The summed E-state index contributed by atoms with van der Waals surface area (Å²) >= 11 is 6.22. The number of benzene rings is 4. The molecule has 226 valence electrons.